The van der Waals surface area contributed by atoms with Gasteiger partial charge in [0, 0.05) is 11.8 Å². The highest BCUT2D eigenvalue weighted by Crippen LogP contribution is 2.19. The zero-order valence-electron chi connectivity index (χ0n) is 11.3. The Hall–Kier alpha value is -2.35. The second-order valence-corrected chi connectivity index (χ2v) is 5.24. The van der Waals surface area contributed by atoms with Gasteiger partial charge in [-0.25, -0.2) is 14.4 Å². The van der Waals surface area contributed by atoms with Crippen LogP contribution in [0, 0.1) is 12.7 Å². The van der Waals surface area contributed by atoms with E-state index < -0.39 is 5.82 Å². The van der Waals surface area contributed by atoms with Gasteiger partial charge in [-0.1, -0.05) is 17.8 Å². The van der Waals surface area contributed by atoms with E-state index in [-0.39, 0.29) is 23.3 Å². The maximum absolute atomic E-state index is 13.1. The monoisotopic (exact) mass is 307 g/mol. The summed E-state index contributed by atoms with van der Waals surface area (Å²) >= 11 is 1.10. The molecule has 0 atom stereocenters. The number of thioether (sulfide) groups is 1. The first kappa shape index (κ1) is 15.0. The highest BCUT2D eigenvalue weighted by atomic mass is 32.2. The number of carbonyl (C=O) groups excluding carboxylic acids is 1. The molecule has 2 aromatic rings. The average molecular weight is 307 g/mol. The third-order valence-corrected chi connectivity index (χ3v) is 3.40. The van der Waals surface area contributed by atoms with Crippen molar-refractivity contribution in [3.05, 3.63) is 35.6 Å². The molecular weight excluding hydrogens is 293 g/mol. The van der Waals surface area contributed by atoms with Crippen molar-refractivity contribution in [1.82, 2.24) is 9.97 Å². The second-order valence-electron chi connectivity index (χ2n) is 4.30. The first-order valence-electron chi connectivity index (χ1n) is 6.03. The van der Waals surface area contributed by atoms with E-state index in [1.807, 2.05) is 0 Å². The highest BCUT2D eigenvalue weighted by molar-refractivity contribution is 7.99. The van der Waals surface area contributed by atoms with E-state index in [0.29, 0.717) is 10.8 Å². The predicted molar refractivity (Wildman–Crippen MR) is 81.3 cm³/mol. The fourth-order valence-corrected chi connectivity index (χ4v) is 2.24. The summed E-state index contributed by atoms with van der Waals surface area (Å²) in [4.78, 5) is 19.8. The number of carbonyl (C=O) groups is 1. The number of aryl methyl sites for hydroxylation is 1. The number of benzene rings is 1. The van der Waals surface area contributed by atoms with Crippen LogP contribution in [0.4, 0.5) is 21.7 Å². The van der Waals surface area contributed by atoms with Crippen LogP contribution in [0.1, 0.15) is 5.56 Å². The van der Waals surface area contributed by atoms with Crippen molar-refractivity contribution in [3.8, 4) is 0 Å². The number of anilines is 3. The van der Waals surface area contributed by atoms with Gasteiger partial charge in [-0.05, 0) is 24.6 Å². The van der Waals surface area contributed by atoms with E-state index in [4.69, 9.17) is 11.5 Å². The summed E-state index contributed by atoms with van der Waals surface area (Å²) in [7, 11) is 0. The summed E-state index contributed by atoms with van der Waals surface area (Å²) in [6.45, 7) is 1.78. The Morgan fingerprint density at radius 3 is 2.62 bits per heavy atom. The molecule has 21 heavy (non-hydrogen) atoms. The van der Waals surface area contributed by atoms with Gasteiger partial charge in [0.25, 0.3) is 0 Å². The highest BCUT2D eigenvalue weighted by Gasteiger charge is 2.09. The molecule has 1 aromatic heterocycles. The zero-order chi connectivity index (χ0) is 15.4. The summed E-state index contributed by atoms with van der Waals surface area (Å²) in [6, 6.07) is 5.63. The quantitative estimate of drug-likeness (QED) is 0.587. The van der Waals surface area contributed by atoms with Crippen molar-refractivity contribution in [2.75, 3.05) is 22.5 Å². The molecule has 110 valence electrons. The lowest BCUT2D eigenvalue weighted by Crippen LogP contribution is -2.15. The fraction of sp³-hybridized carbons (Fsp3) is 0.154. The number of nitrogens with two attached hydrogens (primary N) is 2. The Morgan fingerprint density at radius 1 is 1.29 bits per heavy atom. The first-order chi connectivity index (χ1) is 9.94. The van der Waals surface area contributed by atoms with Crippen LogP contribution in [0.5, 0.6) is 0 Å². The fourth-order valence-electron chi connectivity index (χ4n) is 1.57. The summed E-state index contributed by atoms with van der Waals surface area (Å²) in [5.74, 6) is -0.148. The van der Waals surface area contributed by atoms with Gasteiger partial charge < -0.3 is 16.8 Å². The van der Waals surface area contributed by atoms with Gasteiger partial charge in [-0.2, -0.15) is 0 Å². The minimum Gasteiger partial charge on any atom is -0.383 e. The van der Waals surface area contributed by atoms with Crippen LogP contribution in [0.2, 0.25) is 0 Å². The van der Waals surface area contributed by atoms with Crippen molar-refractivity contribution >= 4 is 35.0 Å². The number of rotatable bonds is 4. The van der Waals surface area contributed by atoms with Gasteiger partial charge in [0.05, 0.1) is 5.75 Å². The average Bonchev–Trinajstić information content (AvgIpc) is 2.40. The number of halogens is 1. The van der Waals surface area contributed by atoms with Crippen LogP contribution in [0.15, 0.2) is 29.4 Å². The van der Waals surface area contributed by atoms with Crippen LogP contribution < -0.4 is 16.8 Å². The number of nitrogen functional groups attached to an aromatic ring is 2. The van der Waals surface area contributed by atoms with Crippen molar-refractivity contribution < 1.29 is 9.18 Å². The maximum atomic E-state index is 13.1. The van der Waals surface area contributed by atoms with Gasteiger partial charge in [0.1, 0.15) is 17.5 Å². The maximum Gasteiger partial charge on any atom is 0.234 e. The predicted octanol–water partition coefficient (Wildman–Crippen LogP) is 1.82. The molecule has 1 aromatic carbocycles. The number of amides is 1. The molecule has 0 bridgehead atoms. The lowest BCUT2D eigenvalue weighted by Gasteiger charge is -2.08. The Labute approximate surface area is 125 Å². The molecule has 0 saturated heterocycles. The third-order valence-electron chi connectivity index (χ3n) is 2.55. The molecule has 0 spiro atoms. The van der Waals surface area contributed by atoms with Crippen molar-refractivity contribution in [3.63, 3.8) is 0 Å². The molecule has 0 saturated carbocycles. The number of aromatic nitrogens is 2. The van der Waals surface area contributed by atoms with Crippen LogP contribution in [0.25, 0.3) is 0 Å². The van der Waals surface area contributed by atoms with Gasteiger partial charge in [-0.15, -0.1) is 0 Å². The Kier molecular flexibility index (Phi) is 4.59. The molecule has 0 fully saturated rings. The molecule has 1 amide bonds. The van der Waals surface area contributed by atoms with Crippen molar-refractivity contribution in [2.24, 2.45) is 0 Å². The molecule has 0 unspecified atom stereocenters. The summed E-state index contributed by atoms with van der Waals surface area (Å²) < 4.78 is 13.1. The largest absolute Gasteiger partial charge is 0.383 e. The molecule has 2 rings (SSSR count). The van der Waals surface area contributed by atoms with Crippen LogP contribution in [0.3, 0.4) is 0 Å². The molecule has 1 heterocycles. The van der Waals surface area contributed by atoms with E-state index in [1.54, 1.807) is 13.0 Å². The molecule has 0 aliphatic rings. The van der Waals surface area contributed by atoms with Crippen LogP contribution >= 0.6 is 11.8 Å². The van der Waals surface area contributed by atoms with E-state index in [2.05, 4.69) is 15.3 Å². The molecule has 0 aliphatic carbocycles. The van der Waals surface area contributed by atoms with Gasteiger partial charge in [-0.3, -0.25) is 4.79 Å². The summed E-state index contributed by atoms with van der Waals surface area (Å²) in [5, 5.41) is 2.95. The van der Waals surface area contributed by atoms with Crippen LogP contribution in [-0.2, 0) is 4.79 Å². The molecule has 5 N–H and O–H groups in total. The number of hydrogen-bond donors (Lipinski definition) is 3. The Balaban J connectivity index is 1.97. The van der Waals surface area contributed by atoms with E-state index >= 15 is 0 Å². The van der Waals surface area contributed by atoms with Crippen LogP contribution in [-0.4, -0.2) is 21.6 Å². The number of nitrogens with zero attached hydrogens (tertiary/aromatic N) is 2. The van der Waals surface area contributed by atoms with Crippen molar-refractivity contribution in [2.45, 2.75) is 12.1 Å². The van der Waals surface area contributed by atoms with E-state index in [0.717, 1.165) is 17.3 Å². The number of hydrogen-bond acceptors (Lipinski definition) is 6. The lowest BCUT2D eigenvalue weighted by molar-refractivity contribution is -0.113. The zero-order valence-corrected chi connectivity index (χ0v) is 12.1. The topological polar surface area (TPSA) is 107 Å². The van der Waals surface area contributed by atoms with E-state index in [9.17, 15) is 9.18 Å². The van der Waals surface area contributed by atoms with Gasteiger partial charge >= 0.3 is 0 Å². The van der Waals surface area contributed by atoms with Gasteiger partial charge in [0.15, 0.2) is 5.16 Å². The standard InChI is InChI=1S/C13H14FN5OS/c1-7-2-3-8(14)4-9(7)17-12(20)6-21-13-18-10(15)5-11(16)19-13/h2-5H,6H2,1H3,(H,17,20)(H4,15,16,18,19). The molecular formula is C13H14FN5OS. The normalized spacial score (nSPS) is 10.4. The van der Waals surface area contributed by atoms with E-state index in [1.165, 1.54) is 18.2 Å². The van der Waals surface area contributed by atoms with Gasteiger partial charge in [0.2, 0.25) is 5.91 Å². The molecule has 8 heteroatoms. The molecule has 0 aliphatic heterocycles. The minimum atomic E-state index is -0.407. The summed E-state index contributed by atoms with van der Waals surface area (Å²) in [5.41, 5.74) is 12.3. The Bertz CT molecular complexity index is 659. The van der Waals surface area contributed by atoms with Crippen molar-refractivity contribution in [1.29, 1.82) is 0 Å². The summed E-state index contributed by atoms with van der Waals surface area (Å²) in [6.07, 6.45) is 0. The Morgan fingerprint density at radius 2 is 1.95 bits per heavy atom. The molecule has 0 radical (unpaired) electrons. The first-order valence-corrected chi connectivity index (χ1v) is 7.01. The third kappa shape index (κ3) is 4.32. The number of nitrogens with one attached hydrogen (secondary N) is 1. The SMILES string of the molecule is Cc1ccc(F)cc1NC(=O)CSc1nc(N)cc(N)n1. The lowest BCUT2D eigenvalue weighted by atomic mass is 10.2. The minimum absolute atomic E-state index is 0.0683. The molecule has 6 nitrogen and oxygen atoms in total. The second kappa shape index (κ2) is 6.40. The smallest absolute Gasteiger partial charge is 0.234 e.